The van der Waals surface area contributed by atoms with Crippen LogP contribution in [0.15, 0.2) is 24.3 Å². The van der Waals surface area contributed by atoms with Gasteiger partial charge in [0.2, 0.25) is 10.0 Å². The topological polar surface area (TPSA) is 78.0 Å². The van der Waals surface area contributed by atoms with Crippen molar-refractivity contribution in [2.45, 2.75) is 37.6 Å². The minimum Gasteiger partial charge on any atom is -0.306 e. The third-order valence-corrected chi connectivity index (χ3v) is 7.24. The minimum absolute atomic E-state index is 0.104. The molecule has 27 heavy (non-hydrogen) atoms. The second kappa shape index (κ2) is 5.68. The fourth-order valence-corrected chi connectivity index (χ4v) is 5.50. The van der Waals surface area contributed by atoms with Crippen molar-refractivity contribution in [3.8, 4) is 0 Å². The van der Waals surface area contributed by atoms with Gasteiger partial charge >= 0.3 is 12.2 Å². The summed E-state index contributed by atoms with van der Waals surface area (Å²) in [6.45, 7) is 1.60. The lowest BCUT2D eigenvalue weighted by atomic mass is 10.1. The fraction of sp³-hybridized carbons (Fsp3) is 0.500. The first-order chi connectivity index (χ1) is 12.6. The largest absolute Gasteiger partial charge is 0.416 e. The summed E-state index contributed by atoms with van der Waals surface area (Å²) in [4.78, 5) is 27.7. The maximum atomic E-state index is 13.0. The Bertz CT molecular complexity index is 933. The van der Waals surface area contributed by atoms with Crippen molar-refractivity contribution in [1.82, 2.24) is 9.21 Å². The smallest absolute Gasteiger partial charge is 0.306 e. The molecule has 0 spiro atoms. The number of nitrogens with zero attached hydrogens (tertiary/aromatic N) is 3. The minimum atomic E-state index is -4.61. The van der Waals surface area contributed by atoms with E-state index in [2.05, 4.69) is 0 Å². The number of urea groups is 1. The number of amides is 3. The van der Waals surface area contributed by atoms with Crippen LogP contribution in [0.25, 0.3) is 0 Å². The van der Waals surface area contributed by atoms with Crippen molar-refractivity contribution in [3.05, 3.63) is 29.8 Å². The van der Waals surface area contributed by atoms with E-state index in [1.54, 1.807) is 0 Å². The summed E-state index contributed by atoms with van der Waals surface area (Å²) in [5, 5.41) is 0. The van der Waals surface area contributed by atoms with Gasteiger partial charge in [-0.1, -0.05) is 6.07 Å². The van der Waals surface area contributed by atoms with Crippen LogP contribution in [0.4, 0.5) is 23.7 Å². The van der Waals surface area contributed by atoms with Crippen LogP contribution in [-0.2, 0) is 21.0 Å². The Labute approximate surface area is 153 Å². The van der Waals surface area contributed by atoms with Gasteiger partial charge in [-0.3, -0.25) is 4.79 Å². The van der Waals surface area contributed by atoms with Crippen LogP contribution < -0.4 is 4.90 Å². The molecule has 3 saturated heterocycles. The molecular weight excluding hydrogens is 387 g/mol. The van der Waals surface area contributed by atoms with Crippen LogP contribution in [0.5, 0.6) is 0 Å². The first-order valence-corrected chi connectivity index (χ1v) is 10.00. The molecule has 11 heteroatoms. The van der Waals surface area contributed by atoms with E-state index in [0.717, 1.165) is 23.1 Å². The Morgan fingerprint density at radius 2 is 1.93 bits per heavy atom. The molecule has 0 N–H and O–H groups in total. The maximum absolute atomic E-state index is 13.0. The molecule has 7 nitrogen and oxygen atoms in total. The van der Waals surface area contributed by atoms with E-state index in [1.807, 2.05) is 0 Å². The second-order valence-corrected chi connectivity index (χ2v) is 8.99. The van der Waals surface area contributed by atoms with Gasteiger partial charge in [-0.25, -0.2) is 18.1 Å². The zero-order valence-electron chi connectivity index (χ0n) is 14.2. The van der Waals surface area contributed by atoms with Crippen LogP contribution in [0.1, 0.15) is 18.9 Å². The number of carbonyl (C=O) groups is 2. The molecule has 3 aliphatic heterocycles. The van der Waals surface area contributed by atoms with Crippen molar-refractivity contribution in [2.75, 3.05) is 17.2 Å². The summed E-state index contributed by atoms with van der Waals surface area (Å²) in [5.74, 6) is -0.814. The number of imide groups is 1. The van der Waals surface area contributed by atoms with Crippen LogP contribution in [-0.4, -0.2) is 60.0 Å². The number of fused-ring (bicyclic) bond motifs is 5. The molecule has 0 radical (unpaired) electrons. The molecule has 1 aromatic carbocycles. The highest BCUT2D eigenvalue weighted by Gasteiger charge is 2.63. The summed E-state index contributed by atoms with van der Waals surface area (Å²) in [6, 6.07) is 1.17. The van der Waals surface area contributed by atoms with Crippen LogP contribution >= 0.6 is 0 Å². The lowest BCUT2D eigenvalue weighted by Crippen LogP contribution is -2.55. The predicted molar refractivity (Wildman–Crippen MR) is 88.3 cm³/mol. The van der Waals surface area contributed by atoms with E-state index in [9.17, 15) is 31.2 Å². The maximum Gasteiger partial charge on any atom is 0.416 e. The van der Waals surface area contributed by atoms with Gasteiger partial charge in [-0.15, -0.1) is 0 Å². The van der Waals surface area contributed by atoms with E-state index >= 15 is 0 Å². The van der Waals surface area contributed by atoms with E-state index in [0.29, 0.717) is 6.42 Å². The molecule has 3 fully saturated rings. The summed E-state index contributed by atoms with van der Waals surface area (Å²) in [6.07, 6.45) is -4.25. The van der Waals surface area contributed by atoms with Gasteiger partial charge in [0.15, 0.2) is 0 Å². The van der Waals surface area contributed by atoms with Gasteiger partial charge in [0.25, 0.3) is 5.91 Å². The van der Waals surface area contributed by atoms with E-state index in [-0.39, 0.29) is 18.0 Å². The van der Waals surface area contributed by atoms with Crippen molar-refractivity contribution < 1.29 is 31.2 Å². The first-order valence-electron chi connectivity index (χ1n) is 8.39. The fourth-order valence-electron chi connectivity index (χ4n) is 4.16. The number of halogens is 3. The quantitative estimate of drug-likeness (QED) is 0.719. The van der Waals surface area contributed by atoms with E-state index < -0.39 is 51.8 Å². The van der Waals surface area contributed by atoms with Crippen LogP contribution in [0.3, 0.4) is 0 Å². The molecule has 146 valence electrons. The number of carbonyl (C=O) groups excluding carboxylic acids is 2. The summed E-state index contributed by atoms with van der Waals surface area (Å²) < 4.78 is 64.6. The molecular formula is C16H16F3N3O4S. The Hall–Kier alpha value is -2.14. The molecule has 0 aromatic heterocycles. The standard InChI is InChI=1S/C16H16F3N3O4S/c1-2-27(25,26)20-8-11-7-12(20)13-14(23)22(15(24)21(11)13)10-5-3-4-9(6-10)16(17,18)19/h3-6,11-13H,2,7-8H2,1H3/t11?,12?,13-/m1/s1. The van der Waals surface area contributed by atoms with Crippen LogP contribution in [0, 0.1) is 0 Å². The molecule has 3 heterocycles. The number of piperazine rings is 1. The average molecular weight is 403 g/mol. The number of alkyl halides is 3. The van der Waals surface area contributed by atoms with Crippen LogP contribution in [0.2, 0.25) is 0 Å². The van der Waals surface area contributed by atoms with Gasteiger partial charge in [0, 0.05) is 12.6 Å². The molecule has 3 aliphatic rings. The van der Waals surface area contributed by atoms with E-state index in [1.165, 1.54) is 22.2 Å². The third kappa shape index (κ3) is 2.55. The predicted octanol–water partition coefficient (Wildman–Crippen LogP) is 1.65. The number of sulfonamides is 1. The number of rotatable bonds is 3. The molecule has 0 aliphatic carbocycles. The lowest BCUT2D eigenvalue weighted by Gasteiger charge is -2.33. The second-order valence-electron chi connectivity index (χ2n) is 6.78. The molecule has 2 unspecified atom stereocenters. The highest BCUT2D eigenvalue weighted by atomic mass is 32.2. The zero-order chi connectivity index (χ0) is 19.7. The summed E-state index contributed by atoms with van der Waals surface area (Å²) >= 11 is 0. The van der Waals surface area contributed by atoms with Crippen molar-refractivity contribution in [3.63, 3.8) is 0 Å². The van der Waals surface area contributed by atoms with Crippen molar-refractivity contribution in [1.29, 1.82) is 0 Å². The summed E-state index contributed by atoms with van der Waals surface area (Å²) in [5.41, 5.74) is -1.13. The number of hydrogen-bond donors (Lipinski definition) is 0. The Balaban J connectivity index is 1.69. The Morgan fingerprint density at radius 3 is 2.56 bits per heavy atom. The normalized spacial score (nSPS) is 28.4. The van der Waals surface area contributed by atoms with Crippen molar-refractivity contribution in [2.24, 2.45) is 0 Å². The average Bonchev–Trinajstić information content (AvgIpc) is 3.26. The van der Waals surface area contributed by atoms with Gasteiger partial charge < -0.3 is 4.90 Å². The number of benzene rings is 1. The molecule has 4 rings (SSSR count). The summed E-state index contributed by atoms with van der Waals surface area (Å²) in [7, 11) is -3.54. The number of anilines is 1. The molecule has 1 aromatic rings. The van der Waals surface area contributed by atoms with E-state index in [4.69, 9.17) is 0 Å². The van der Waals surface area contributed by atoms with Gasteiger partial charge in [0.1, 0.15) is 6.04 Å². The van der Waals surface area contributed by atoms with Gasteiger partial charge in [-0.05, 0) is 31.5 Å². The SMILES string of the molecule is CCS(=O)(=O)N1CC2CC1[C@@H]1C(=O)N(c3cccc(C(F)(F)F)c3)C(=O)N21. The van der Waals surface area contributed by atoms with Gasteiger partial charge in [0.05, 0.1) is 23.0 Å². The zero-order valence-corrected chi connectivity index (χ0v) is 15.0. The molecule has 3 amide bonds. The Morgan fingerprint density at radius 1 is 1.22 bits per heavy atom. The van der Waals surface area contributed by atoms with Crippen molar-refractivity contribution >= 4 is 27.6 Å². The molecule has 3 atom stereocenters. The highest BCUT2D eigenvalue weighted by Crippen LogP contribution is 2.44. The first kappa shape index (κ1) is 18.2. The van der Waals surface area contributed by atoms with Gasteiger partial charge in [-0.2, -0.15) is 17.5 Å². The molecule has 0 saturated carbocycles. The highest BCUT2D eigenvalue weighted by molar-refractivity contribution is 7.89. The Kier molecular flexibility index (Phi) is 3.83. The monoisotopic (exact) mass is 403 g/mol. The lowest BCUT2D eigenvalue weighted by molar-refractivity contribution is -0.137. The number of hydrogen-bond acceptors (Lipinski definition) is 4. The third-order valence-electron chi connectivity index (χ3n) is 5.37. The molecule has 2 bridgehead atoms.